The van der Waals surface area contributed by atoms with Crippen molar-refractivity contribution in [3.63, 3.8) is 0 Å². The number of pyridine rings is 1. The number of benzene rings is 10. The van der Waals surface area contributed by atoms with Gasteiger partial charge >= 0.3 is 0 Å². The first kappa shape index (κ1) is 109. The number of ether oxygens (including phenoxy) is 6. The third-order valence-electron chi connectivity index (χ3n) is 28.7. The molecule has 18 rings (SSSR count). The Kier molecular flexibility index (Phi) is 34.7. The minimum absolute atomic E-state index is 0.0350. The summed E-state index contributed by atoms with van der Waals surface area (Å²) in [4.78, 5) is 108. The number of imide groups is 3. The minimum Gasteiger partial charge on any atom is -0.493 e. The van der Waals surface area contributed by atoms with Gasteiger partial charge in [-0.1, -0.05) is 151 Å². The highest BCUT2D eigenvalue weighted by Gasteiger charge is 2.48. The third kappa shape index (κ3) is 24.0. The first-order valence-electron chi connectivity index (χ1n) is 49.9. The van der Waals surface area contributed by atoms with Crippen molar-refractivity contribution >= 4 is 103 Å². The van der Waals surface area contributed by atoms with Crippen molar-refractivity contribution in [1.29, 1.82) is 0 Å². The number of nitrogens with zero attached hydrogens (tertiary/aromatic N) is 11. The number of carbonyl (C=O) groups excluding carboxylic acids is 6. The minimum atomic E-state index is -4.08. The van der Waals surface area contributed by atoms with Crippen molar-refractivity contribution in [1.82, 2.24) is 53.7 Å². The Labute approximate surface area is 875 Å². The summed E-state index contributed by atoms with van der Waals surface area (Å²) >= 11 is 0. The van der Waals surface area contributed by atoms with E-state index in [-0.39, 0.29) is 90.3 Å². The molecule has 790 valence electrons. The zero-order chi connectivity index (χ0) is 106. The topological polar surface area (TPSA) is 399 Å². The molecule has 6 aliphatic rings. The average Bonchev–Trinajstić information content (AvgIpc) is 1.60. The van der Waals surface area contributed by atoms with E-state index in [2.05, 4.69) is 135 Å². The summed E-state index contributed by atoms with van der Waals surface area (Å²) in [6.45, 7) is 17.2. The van der Waals surface area contributed by atoms with Gasteiger partial charge in [-0.15, -0.1) is 0 Å². The van der Waals surface area contributed by atoms with E-state index in [0.717, 1.165) is 68.5 Å². The van der Waals surface area contributed by atoms with Gasteiger partial charge in [-0.3, -0.25) is 63.2 Å². The molecular weight excluding hydrogens is 1990 g/mol. The summed E-state index contributed by atoms with van der Waals surface area (Å²) < 4.78 is 146. The maximum absolute atomic E-state index is 14.5. The zero-order valence-corrected chi connectivity index (χ0v) is 89.0. The van der Waals surface area contributed by atoms with E-state index in [9.17, 15) is 62.4 Å². The quantitative estimate of drug-likeness (QED) is 0.0237. The monoisotopic (exact) mass is 2120 g/mol. The fourth-order valence-corrected chi connectivity index (χ4v) is 26.2. The molecule has 3 saturated heterocycles. The predicted molar refractivity (Wildman–Crippen MR) is 571 cm³/mol. The molecule has 0 radical (unpaired) electrons. The zero-order valence-electron chi connectivity index (χ0n) is 85.7. The van der Waals surface area contributed by atoms with Crippen LogP contribution < -0.4 is 57.3 Å². The Morgan fingerprint density at radius 2 is 0.667 bits per heavy atom. The van der Waals surface area contributed by atoms with Gasteiger partial charge in [0, 0.05) is 134 Å². The molecule has 0 spiro atoms. The summed E-state index contributed by atoms with van der Waals surface area (Å²) in [5.41, 5.74) is 10.5. The van der Waals surface area contributed by atoms with Gasteiger partial charge in [-0.05, 0) is 185 Å². The van der Waals surface area contributed by atoms with Crippen molar-refractivity contribution < 1.29 is 95.4 Å². The molecule has 2 aromatic heterocycles. The molecule has 6 atom stereocenters. The highest BCUT2D eigenvalue weighted by atomic mass is 32.3. The molecule has 150 heavy (non-hydrogen) atoms. The number of sulfone groups is 1. The molecule has 35 nitrogen and oxygen atoms in total. The fourth-order valence-electron chi connectivity index (χ4n) is 20.7. The standard InChI is InChI=1S/C41H43N5O6S.C36H41N5O7S.C34H42N4O8S2/c1-28(29-11-5-4-6-12-29)44-23-25-45(26-24-44)34-16-8-15-32-38(34)41(48)46(40(32)47)33(31-19-20-35(51-2)36(27-31)52-3)17-10-22-43-53(49,50)37-18-7-13-30-14-9-21-42-39(30)37;1-24(26-10-6-5-7-11-26)39-18-20-40(21-19-39)30-13-8-12-28-34(30)36(43)41(35(28)42)29(27-15-16-31(46-3)32(22-27)47-4)14-9-17-38-49(44,45)33-23-37-48-25(33)2;1-24(25-10-6-5-7-11-25)36-18-20-37(21-19-36)29-13-8-12-27-32(29)34(40)38(33(27)39)28(26-15-16-30(45-2)31(22-26)46-3)14-9-17-35-48(43,44)23-47(4,41)42/h4-9,11-16,18-21,27-28,33,43H,10,17,22-26H2,1-3H3;5-8,10-13,15-16,22-24,29,38H,9,14,17-21H2,1-4H3;5-8,10-13,15-16,22,24,28,35H,9,14,17-21,23H2,1-4H3/t28-,33?;24-,29?;24-,28?/m111/s1. The van der Waals surface area contributed by atoms with Gasteiger partial charge in [0.1, 0.15) is 9.79 Å². The summed E-state index contributed by atoms with van der Waals surface area (Å²) in [7, 11) is -6.48. The van der Waals surface area contributed by atoms with Gasteiger partial charge in [-0.25, -0.2) is 47.8 Å². The van der Waals surface area contributed by atoms with Crippen LogP contribution in [0.1, 0.15) is 197 Å². The number of piperazine rings is 3. The van der Waals surface area contributed by atoms with Crippen LogP contribution >= 0.6 is 0 Å². The highest BCUT2D eigenvalue weighted by Crippen LogP contribution is 2.47. The van der Waals surface area contributed by atoms with Crippen molar-refractivity contribution in [3.05, 3.63) is 315 Å². The van der Waals surface area contributed by atoms with Crippen molar-refractivity contribution in [2.45, 2.75) is 112 Å². The van der Waals surface area contributed by atoms with E-state index in [4.69, 9.17) is 32.9 Å². The van der Waals surface area contributed by atoms with E-state index in [1.54, 1.807) is 98.2 Å². The molecule has 0 aliphatic carbocycles. The molecule has 6 amide bonds. The molecule has 39 heteroatoms. The number of sulfonamides is 3. The van der Waals surface area contributed by atoms with Crippen LogP contribution in [0.2, 0.25) is 0 Å². The van der Waals surface area contributed by atoms with Crippen LogP contribution in [0, 0.1) is 6.92 Å². The number of para-hydroxylation sites is 1. The largest absolute Gasteiger partial charge is 0.493 e. The lowest BCUT2D eigenvalue weighted by atomic mass is 9.99. The lowest BCUT2D eigenvalue weighted by molar-refractivity contribution is 0.0557. The number of rotatable bonds is 40. The smallest absolute Gasteiger partial charge is 0.264 e. The van der Waals surface area contributed by atoms with E-state index in [1.807, 2.05) is 78.9 Å². The molecule has 6 aliphatic heterocycles. The van der Waals surface area contributed by atoms with Gasteiger partial charge < -0.3 is 47.6 Å². The molecule has 0 saturated carbocycles. The second-order valence-corrected chi connectivity index (χ2v) is 45.4. The SMILES string of the molecule is COc1ccc(C(CCCNS(=O)(=O)CS(C)(=O)=O)N2C(=O)c3cccc(N4CCN([C@H](C)c5ccccc5)CC4)c3C2=O)cc1OC.COc1ccc(C(CCCNS(=O)(=O)c2cccc3cccnc23)N2C(=O)c3cccc(N4CCN([C@H](C)c5ccccc5)CC4)c3C2=O)cc1OC.COc1ccc(C(CCCNS(=O)(=O)c2cnoc2C)N2C(=O)c3cccc(N4CCN([C@H](C)c5ccccc5)CC4)c3C2=O)cc1OC. The molecule has 8 heterocycles. The number of carbonyl (C=O) groups is 6. The number of anilines is 3. The number of fused-ring (bicyclic) bond motifs is 4. The number of amides is 6. The molecule has 12 aromatic rings. The molecule has 10 aromatic carbocycles. The predicted octanol–water partition coefficient (Wildman–Crippen LogP) is 14.8. The summed E-state index contributed by atoms with van der Waals surface area (Å²) in [6, 6.07) is 70.4. The first-order valence-corrected chi connectivity index (χ1v) is 56.6. The van der Waals surface area contributed by atoms with E-state index in [1.165, 1.54) is 79.9 Å². The number of methoxy groups -OCH3 is 6. The normalized spacial score (nSPS) is 16.5. The number of hydrogen-bond acceptors (Lipinski definition) is 29. The van der Waals surface area contributed by atoms with Gasteiger partial charge in [-0.2, -0.15) is 0 Å². The van der Waals surface area contributed by atoms with Gasteiger partial charge in [0.2, 0.25) is 30.1 Å². The van der Waals surface area contributed by atoms with Crippen LogP contribution in [0.25, 0.3) is 10.9 Å². The van der Waals surface area contributed by atoms with Crippen LogP contribution in [0.15, 0.2) is 257 Å². The molecule has 3 fully saturated rings. The summed E-state index contributed by atoms with van der Waals surface area (Å²) in [5.74, 6) is 0.603. The Morgan fingerprint density at radius 1 is 0.347 bits per heavy atom. The lowest BCUT2D eigenvalue weighted by Crippen LogP contribution is -2.47. The number of aromatic nitrogens is 2. The number of nitrogens with one attached hydrogen (secondary N) is 3. The maximum Gasteiger partial charge on any atom is 0.264 e. The van der Waals surface area contributed by atoms with Gasteiger partial charge in [0.05, 0.1) is 123 Å². The summed E-state index contributed by atoms with van der Waals surface area (Å²) in [6.07, 6.45) is 5.22. The average molecular weight is 2120 g/mol. The number of aryl methyl sites for hydroxylation is 1. The molecule has 3 N–H and O–H groups in total. The lowest BCUT2D eigenvalue weighted by Gasteiger charge is -2.39. The molecular formula is C111H126N14O21S4. The number of hydrogen-bond donors (Lipinski definition) is 3. The van der Waals surface area contributed by atoms with E-state index >= 15 is 0 Å². The Bertz CT molecular complexity index is 7390. The summed E-state index contributed by atoms with van der Waals surface area (Å²) in [5, 5.41) is 3.26. The second-order valence-electron chi connectivity index (χ2n) is 37.6. The van der Waals surface area contributed by atoms with Crippen LogP contribution in [0.3, 0.4) is 0 Å². The van der Waals surface area contributed by atoms with Crippen molar-refractivity contribution in [2.75, 3.05) is 167 Å². The first-order chi connectivity index (χ1) is 72.2. The van der Waals surface area contributed by atoms with Gasteiger partial charge in [0.25, 0.3) is 35.4 Å². The van der Waals surface area contributed by atoms with Crippen molar-refractivity contribution in [2.24, 2.45) is 0 Å². The van der Waals surface area contributed by atoms with E-state index < -0.39 is 80.8 Å². The third-order valence-corrected chi connectivity index (χ3v) is 35.3. The van der Waals surface area contributed by atoms with Gasteiger partial charge in [0.15, 0.2) is 55.2 Å². The van der Waals surface area contributed by atoms with Crippen LogP contribution in [-0.4, -0.2) is 261 Å². The Balaban J connectivity index is 0.000000160. The van der Waals surface area contributed by atoms with Crippen LogP contribution in [-0.2, 0) is 39.9 Å². The van der Waals surface area contributed by atoms with Crippen LogP contribution in [0.4, 0.5) is 17.1 Å². The Morgan fingerprint density at radius 3 is 0.987 bits per heavy atom. The molecule has 0 bridgehead atoms. The molecule has 3 unspecified atom stereocenters. The van der Waals surface area contributed by atoms with Crippen molar-refractivity contribution in [3.8, 4) is 34.5 Å². The van der Waals surface area contributed by atoms with Crippen LogP contribution in [0.5, 0.6) is 34.5 Å². The maximum atomic E-state index is 14.5. The second kappa shape index (κ2) is 47.9. The highest BCUT2D eigenvalue weighted by molar-refractivity contribution is 8.06. The van der Waals surface area contributed by atoms with E-state index in [0.29, 0.717) is 154 Å². The Hall–Kier alpha value is -14.0. The fraction of sp³-hybridized carbons (Fsp3) is 0.351.